The second-order valence-electron chi connectivity index (χ2n) is 4.62. The van der Waals surface area contributed by atoms with Gasteiger partial charge in [0.15, 0.2) is 0 Å². The molecule has 0 unspecified atom stereocenters. The first-order valence-corrected chi connectivity index (χ1v) is 6.15. The molecule has 1 fully saturated rings. The molecule has 1 aromatic carbocycles. The first-order valence-electron chi connectivity index (χ1n) is 6.15. The highest BCUT2D eigenvalue weighted by Gasteiger charge is 2.17. The zero-order chi connectivity index (χ0) is 10.8. The molecule has 3 rings (SSSR count). The zero-order valence-electron chi connectivity index (χ0n) is 9.39. The molecule has 82 valence electrons. The van der Waals surface area contributed by atoms with Gasteiger partial charge in [-0.2, -0.15) is 0 Å². The molecule has 1 aromatic heterocycles. The van der Waals surface area contributed by atoms with Gasteiger partial charge in [-0.15, -0.1) is 0 Å². The maximum atomic E-state index is 4.74. The molecule has 2 heteroatoms. The third-order valence-corrected chi connectivity index (χ3v) is 3.49. The van der Waals surface area contributed by atoms with Crippen molar-refractivity contribution in [3.8, 4) is 0 Å². The van der Waals surface area contributed by atoms with Gasteiger partial charge in [-0.3, -0.25) is 4.98 Å². The molecule has 0 bridgehead atoms. The number of rotatable bonds is 1. The lowest BCUT2D eigenvalue weighted by atomic mass is 9.87. The van der Waals surface area contributed by atoms with Crippen LogP contribution in [0.2, 0.25) is 0 Å². The largest absolute Gasteiger partial charge is 0.253 e. The van der Waals surface area contributed by atoms with Crippen molar-refractivity contribution >= 4 is 11.0 Å². The van der Waals surface area contributed by atoms with Crippen molar-refractivity contribution in [3.63, 3.8) is 0 Å². The molecule has 0 radical (unpaired) electrons. The van der Waals surface area contributed by atoms with Crippen LogP contribution in [-0.2, 0) is 0 Å². The minimum Gasteiger partial charge on any atom is -0.253 e. The van der Waals surface area contributed by atoms with Crippen LogP contribution in [0.1, 0.15) is 43.7 Å². The number of hydrogen-bond donors (Lipinski definition) is 0. The van der Waals surface area contributed by atoms with E-state index in [1.165, 1.54) is 37.8 Å². The fraction of sp³-hybridized carbons (Fsp3) is 0.429. The predicted molar refractivity (Wildman–Crippen MR) is 65.4 cm³/mol. The van der Waals surface area contributed by atoms with Gasteiger partial charge in [0.25, 0.3) is 0 Å². The summed E-state index contributed by atoms with van der Waals surface area (Å²) in [6, 6.07) is 8.11. The second-order valence-corrected chi connectivity index (χ2v) is 4.62. The van der Waals surface area contributed by atoms with E-state index in [2.05, 4.69) is 11.1 Å². The van der Waals surface area contributed by atoms with Crippen LogP contribution in [0.15, 0.2) is 30.5 Å². The highest BCUT2D eigenvalue weighted by atomic mass is 14.8. The SMILES string of the molecule is c1ccc2nc(C3CCCCC3)cnc2c1. The highest BCUT2D eigenvalue weighted by molar-refractivity contribution is 5.73. The monoisotopic (exact) mass is 212 g/mol. The summed E-state index contributed by atoms with van der Waals surface area (Å²) < 4.78 is 0. The predicted octanol–water partition coefficient (Wildman–Crippen LogP) is 3.68. The van der Waals surface area contributed by atoms with Gasteiger partial charge in [0, 0.05) is 12.1 Å². The highest BCUT2D eigenvalue weighted by Crippen LogP contribution is 2.31. The Morgan fingerprint density at radius 3 is 2.50 bits per heavy atom. The zero-order valence-corrected chi connectivity index (χ0v) is 9.39. The molecule has 0 spiro atoms. The summed E-state index contributed by atoms with van der Waals surface area (Å²) in [5.41, 5.74) is 3.23. The van der Waals surface area contributed by atoms with Crippen molar-refractivity contribution in [3.05, 3.63) is 36.2 Å². The van der Waals surface area contributed by atoms with E-state index >= 15 is 0 Å². The number of fused-ring (bicyclic) bond motifs is 1. The molecule has 16 heavy (non-hydrogen) atoms. The quantitative estimate of drug-likeness (QED) is 0.720. The van der Waals surface area contributed by atoms with E-state index in [4.69, 9.17) is 4.98 Å². The van der Waals surface area contributed by atoms with E-state index in [0.29, 0.717) is 5.92 Å². The molecule has 0 N–H and O–H groups in total. The number of nitrogens with zero attached hydrogens (tertiary/aromatic N) is 2. The van der Waals surface area contributed by atoms with Gasteiger partial charge in [-0.1, -0.05) is 31.4 Å². The molecule has 1 heterocycles. The topological polar surface area (TPSA) is 25.8 Å². The van der Waals surface area contributed by atoms with Crippen molar-refractivity contribution < 1.29 is 0 Å². The van der Waals surface area contributed by atoms with E-state index in [1.807, 2.05) is 24.4 Å². The van der Waals surface area contributed by atoms with E-state index in [1.54, 1.807) is 0 Å². The van der Waals surface area contributed by atoms with Gasteiger partial charge >= 0.3 is 0 Å². The first kappa shape index (κ1) is 9.76. The molecule has 0 amide bonds. The maximum Gasteiger partial charge on any atom is 0.0890 e. The standard InChI is InChI=1S/C14H16N2/c1-2-6-11(7-3-1)14-10-15-12-8-4-5-9-13(12)16-14/h4-5,8-11H,1-3,6-7H2. The van der Waals surface area contributed by atoms with Crippen molar-refractivity contribution in [1.82, 2.24) is 9.97 Å². The molecule has 2 nitrogen and oxygen atoms in total. The minimum absolute atomic E-state index is 0.644. The van der Waals surface area contributed by atoms with Crippen LogP contribution in [0.3, 0.4) is 0 Å². The summed E-state index contributed by atoms with van der Waals surface area (Å²) in [5, 5.41) is 0. The Morgan fingerprint density at radius 1 is 0.938 bits per heavy atom. The van der Waals surface area contributed by atoms with Gasteiger partial charge in [0.05, 0.1) is 16.7 Å². The molecule has 2 aromatic rings. The summed E-state index contributed by atoms with van der Waals surface area (Å²) in [6.07, 6.45) is 8.62. The van der Waals surface area contributed by atoms with Crippen LogP contribution in [0.4, 0.5) is 0 Å². The van der Waals surface area contributed by atoms with Gasteiger partial charge in [-0.25, -0.2) is 4.98 Å². The van der Waals surface area contributed by atoms with Crippen LogP contribution in [-0.4, -0.2) is 9.97 Å². The van der Waals surface area contributed by atoms with E-state index in [-0.39, 0.29) is 0 Å². The minimum atomic E-state index is 0.644. The lowest BCUT2D eigenvalue weighted by Crippen LogP contribution is -2.07. The average molecular weight is 212 g/mol. The smallest absolute Gasteiger partial charge is 0.0890 e. The summed E-state index contributed by atoms with van der Waals surface area (Å²) >= 11 is 0. The van der Waals surface area contributed by atoms with Crippen molar-refractivity contribution in [2.24, 2.45) is 0 Å². The van der Waals surface area contributed by atoms with Crippen molar-refractivity contribution in [2.45, 2.75) is 38.0 Å². The molecular weight excluding hydrogens is 196 g/mol. The van der Waals surface area contributed by atoms with Gasteiger partial charge < -0.3 is 0 Å². The van der Waals surface area contributed by atoms with Crippen LogP contribution in [0.25, 0.3) is 11.0 Å². The van der Waals surface area contributed by atoms with Crippen molar-refractivity contribution in [1.29, 1.82) is 0 Å². The van der Waals surface area contributed by atoms with E-state index in [9.17, 15) is 0 Å². The van der Waals surface area contributed by atoms with Gasteiger partial charge in [0.1, 0.15) is 0 Å². The Hall–Kier alpha value is -1.44. The summed E-state index contributed by atoms with van der Waals surface area (Å²) in [4.78, 5) is 9.23. The fourth-order valence-electron chi connectivity index (χ4n) is 2.57. The third-order valence-electron chi connectivity index (χ3n) is 3.49. The Labute approximate surface area is 95.7 Å². The Morgan fingerprint density at radius 2 is 1.69 bits per heavy atom. The van der Waals surface area contributed by atoms with Gasteiger partial charge in [-0.05, 0) is 25.0 Å². The Balaban J connectivity index is 1.97. The normalized spacial score (nSPS) is 17.8. The van der Waals surface area contributed by atoms with Gasteiger partial charge in [0.2, 0.25) is 0 Å². The van der Waals surface area contributed by atoms with E-state index in [0.717, 1.165) is 11.0 Å². The molecule has 1 saturated carbocycles. The number of benzene rings is 1. The lowest BCUT2D eigenvalue weighted by molar-refractivity contribution is 0.436. The molecule has 1 aliphatic carbocycles. The second kappa shape index (κ2) is 4.20. The molecular formula is C14H16N2. The Bertz CT molecular complexity index is 487. The lowest BCUT2D eigenvalue weighted by Gasteiger charge is -2.20. The Kier molecular flexibility index (Phi) is 2.56. The van der Waals surface area contributed by atoms with E-state index < -0.39 is 0 Å². The number of hydrogen-bond acceptors (Lipinski definition) is 2. The van der Waals surface area contributed by atoms with Crippen LogP contribution in [0.5, 0.6) is 0 Å². The van der Waals surface area contributed by atoms with Crippen molar-refractivity contribution in [2.75, 3.05) is 0 Å². The molecule has 0 saturated heterocycles. The maximum absolute atomic E-state index is 4.74. The summed E-state index contributed by atoms with van der Waals surface area (Å²) in [6.45, 7) is 0. The number of para-hydroxylation sites is 2. The van der Waals surface area contributed by atoms with Crippen LogP contribution >= 0.6 is 0 Å². The summed E-state index contributed by atoms with van der Waals surface area (Å²) in [7, 11) is 0. The van der Waals surface area contributed by atoms with Crippen LogP contribution in [0, 0.1) is 0 Å². The average Bonchev–Trinajstić information content (AvgIpc) is 2.39. The first-order chi connectivity index (χ1) is 7.93. The number of aromatic nitrogens is 2. The molecule has 0 atom stereocenters. The third kappa shape index (κ3) is 1.80. The molecule has 1 aliphatic rings. The van der Waals surface area contributed by atoms with Crippen LogP contribution < -0.4 is 0 Å². The molecule has 0 aliphatic heterocycles. The fourth-order valence-corrected chi connectivity index (χ4v) is 2.57. The summed E-state index contributed by atoms with van der Waals surface area (Å²) in [5.74, 6) is 0.644.